The fraction of sp³-hybridized carbons (Fsp3) is 0. The minimum Gasteiger partial charge on any atom is -0.310 e. The summed E-state index contributed by atoms with van der Waals surface area (Å²) < 4.78 is 0. The van der Waals surface area contributed by atoms with E-state index >= 15 is 0 Å². The summed E-state index contributed by atoms with van der Waals surface area (Å²) in [7, 11) is 0. The zero-order chi connectivity index (χ0) is 39.4. The number of rotatable bonds is 9. The monoisotopic (exact) mass is 751 g/mol. The largest absolute Gasteiger partial charge is 0.310 e. The quantitative estimate of drug-likeness (QED) is 0.142. The highest BCUT2D eigenvalue weighted by molar-refractivity contribution is 5.97. The molecule has 0 fully saturated rings. The van der Waals surface area contributed by atoms with Gasteiger partial charge in [0.15, 0.2) is 0 Å². The van der Waals surface area contributed by atoms with E-state index in [1.165, 1.54) is 77.5 Å². The molecule has 0 saturated carbocycles. The van der Waals surface area contributed by atoms with Crippen LogP contribution in [0.25, 0.3) is 77.5 Å². The summed E-state index contributed by atoms with van der Waals surface area (Å²) in [4.78, 5) is 2.36. The Morgan fingerprint density at radius 1 is 0.203 bits per heavy atom. The van der Waals surface area contributed by atoms with E-state index in [1.54, 1.807) is 0 Å². The molecule has 0 bridgehead atoms. The lowest BCUT2D eigenvalue weighted by Crippen LogP contribution is -2.10. The number of benzene rings is 10. The van der Waals surface area contributed by atoms with Gasteiger partial charge in [0.05, 0.1) is 0 Å². The van der Waals surface area contributed by atoms with Crippen LogP contribution in [0.2, 0.25) is 0 Å². The molecule has 1 heteroatoms. The average Bonchev–Trinajstić information content (AvgIpc) is 3.33. The van der Waals surface area contributed by atoms with Crippen LogP contribution < -0.4 is 4.90 Å². The van der Waals surface area contributed by atoms with Crippen LogP contribution in [0.1, 0.15) is 0 Å². The molecular formula is C58H41N. The predicted molar refractivity (Wildman–Crippen MR) is 251 cm³/mol. The van der Waals surface area contributed by atoms with Crippen molar-refractivity contribution in [2.24, 2.45) is 0 Å². The smallest absolute Gasteiger partial charge is 0.0467 e. The molecule has 0 unspecified atom stereocenters. The van der Waals surface area contributed by atoms with Gasteiger partial charge in [0.2, 0.25) is 0 Å². The molecular weight excluding hydrogens is 711 g/mol. The molecule has 0 aliphatic heterocycles. The Bertz CT molecular complexity index is 3000. The molecule has 0 aliphatic carbocycles. The van der Waals surface area contributed by atoms with Crippen LogP contribution in [0.5, 0.6) is 0 Å². The number of fused-ring (bicyclic) bond motifs is 1. The molecule has 0 N–H and O–H groups in total. The lowest BCUT2D eigenvalue weighted by atomic mass is 9.95. The van der Waals surface area contributed by atoms with E-state index in [9.17, 15) is 0 Å². The Kier molecular flexibility index (Phi) is 9.68. The predicted octanol–water partition coefficient (Wildman–Crippen LogP) is 16.3. The van der Waals surface area contributed by atoms with E-state index in [0.717, 1.165) is 17.1 Å². The Hall–Kier alpha value is -7.74. The fourth-order valence-electron chi connectivity index (χ4n) is 8.22. The van der Waals surface area contributed by atoms with Crippen LogP contribution in [0.4, 0.5) is 17.1 Å². The van der Waals surface area contributed by atoms with Crippen LogP contribution in [-0.2, 0) is 0 Å². The van der Waals surface area contributed by atoms with Gasteiger partial charge in [0.25, 0.3) is 0 Å². The summed E-state index contributed by atoms with van der Waals surface area (Å²) in [5.74, 6) is 0. The van der Waals surface area contributed by atoms with Gasteiger partial charge in [-0.1, -0.05) is 200 Å². The van der Waals surface area contributed by atoms with Gasteiger partial charge in [0.1, 0.15) is 0 Å². The molecule has 278 valence electrons. The first-order valence-corrected chi connectivity index (χ1v) is 20.2. The van der Waals surface area contributed by atoms with Gasteiger partial charge in [-0.25, -0.2) is 0 Å². The van der Waals surface area contributed by atoms with Gasteiger partial charge < -0.3 is 4.90 Å². The number of hydrogen-bond acceptors (Lipinski definition) is 1. The zero-order valence-electron chi connectivity index (χ0n) is 32.6. The summed E-state index contributed by atoms with van der Waals surface area (Å²) in [5.41, 5.74) is 17.7. The third kappa shape index (κ3) is 7.46. The van der Waals surface area contributed by atoms with Crippen molar-refractivity contribution < 1.29 is 0 Å². The van der Waals surface area contributed by atoms with E-state index in [4.69, 9.17) is 0 Å². The number of anilines is 3. The normalized spacial score (nSPS) is 11.1. The van der Waals surface area contributed by atoms with Gasteiger partial charge in [-0.3, -0.25) is 0 Å². The van der Waals surface area contributed by atoms with E-state index in [0.29, 0.717) is 0 Å². The molecule has 0 aromatic heterocycles. The SMILES string of the molecule is c1ccc(-c2ccc(-c3cccc(N(c4ccc(-c5cccc(-c6ccccc6)c5)cc4)c4ccc(-c5cccc(-c6cccc7ccccc67)c5)cc4)c3)cc2)cc1. The molecule has 59 heavy (non-hydrogen) atoms. The maximum Gasteiger partial charge on any atom is 0.0467 e. The highest BCUT2D eigenvalue weighted by atomic mass is 15.1. The van der Waals surface area contributed by atoms with Crippen LogP contribution in [-0.4, -0.2) is 0 Å². The van der Waals surface area contributed by atoms with Crippen molar-refractivity contribution in [3.63, 3.8) is 0 Å². The van der Waals surface area contributed by atoms with Crippen molar-refractivity contribution in [2.45, 2.75) is 0 Å². The van der Waals surface area contributed by atoms with Gasteiger partial charge in [-0.2, -0.15) is 0 Å². The van der Waals surface area contributed by atoms with Crippen molar-refractivity contribution in [3.8, 4) is 66.8 Å². The lowest BCUT2D eigenvalue weighted by molar-refractivity contribution is 1.28. The Morgan fingerprint density at radius 3 is 1.14 bits per heavy atom. The van der Waals surface area contributed by atoms with E-state index in [-0.39, 0.29) is 0 Å². The molecule has 1 nitrogen and oxygen atoms in total. The molecule has 0 spiro atoms. The Balaban J connectivity index is 1.01. The third-order valence-electron chi connectivity index (χ3n) is 11.3. The molecule has 10 aromatic carbocycles. The van der Waals surface area contributed by atoms with E-state index < -0.39 is 0 Å². The highest BCUT2D eigenvalue weighted by Crippen LogP contribution is 2.40. The number of nitrogens with zero attached hydrogens (tertiary/aromatic N) is 1. The van der Waals surface area contributed by atoms with Gasteiger partial charge in [-0.15, -0.1) is 0 Å². The van der Waals surface area contributed by atoms with Crippen molar-refractivity contribution in [1.82, 2.24) is 0 Å². The summed E-state index contributed by atoms with van der Waals surface area (Å²) in [6.07, 6.45) is 0. The van der Waals surface area contributed by atoms with Crippen molar-refractivity contribution in [3.05, 3.63) is 249 Å². The van der Waals surface area contributed by atoms with Crippen molar-refractivity contribution in [2.75, 3.05) is 4.90 Å². The molecule has 0 amide bonds. The van der Waals surface area contributed by atoms with Crippen LogP contribution in [0.15, 0.2) is 249 Å². The van der Waals surface area contributed by atoms with Gasteiger partial charge in [-0.05, 0) is 126 Å². The molecule has 10 rings (SSSR count). The second kappa shape index (κ2) is 16.0. The molecule has 0 radical (unpaired) electrons. The first-order chi connectivity index (χ1) is 29.2. The first kappa shape index (κ1) is 35.7. The maximum atomic E-state index is 2.36. The molecule has 0 atom stereocenters. The van der Waals surface area contributed by atoms with Crippen molar-refractivity contribution in [1.29, 1.82) is 0 Å². The highest BCUT2D eigenvalue weighted by Gasteiger charge is 2.15. The first-order valence-electron chi connectivity index (χ1n) is 20.2. The summed E-state index contributed by atoms with van der Waals surface area (Å²) in [6.45, 7) is 0. The van der Waals surface area contributed by atoms with Gasteiger partial charge >= 0.3 is 0 Å². The Labute approximate surface area is 346 Å². The molecule has 0 aliphatic rings. The summed E-state index contributed by atoms with van der Waals surface area (Å²) >= 11 is 0. The summed E-state index contributed by atoms with van der Waals surface area (Å²) in [5, 5.41) is 2.52. The van der Waals surface area contributed by atoms with Crippen LogP contribution in [0.3, 0.4) is 0 Å². The topological polar surface area (TPSA) is 3.24 Å². The maximum absolute atomic E-state index is 2.36. The number of hydrogen-bond donors (Lipinski definition) is 0. The van der Waals surface area contributed by atoms with E-state index in [1.807, 2.05) is 0 Å². The second-order valence-corrected chi connectivity index (χ2v) is 15.0. The Morgan fingerprint density at radius 2 is 0.559 bits per heavy atom. The standard InChI is InChI=1S/C58H41N/c1-3-13-42(14-4-1)44-27-29-45(30-28-44)52-22-11-24-56(41-52)59(54-35-31-46(32-36-54)50-20-9-19-49(39-50)43-15-5-2-6-16-43)55-37-33-47(34-38-55)51-21-10-23-53(40-51)58-26-12-18-48-17-7-8-25-57(48)58/h1-41H. The van der Waals surface area contributed by atoms with Crippen LogP contribution in [0, 0.1) is 0 Å². The minimum absolute atomic E-state index is 1.09. The molecule has 0 heterocycles. The van der Waals surface area contributed by atoms with Crippen LogP contribution >= 0.6 is 0 Å². The summed E-state index contributed by atoms with van der Waals surface area (Å²) in [6, 6.07) is 89.7. The molecule has 10 aromatic rings. The zero-order valence-corrected chi connectivity index (χ0v) is 32.6. The second-order valence-electron chi connectivity index (χ2n) is 15.0. The van der Waals surface area contributed by atoms with Crippen molar-refractivity contribution >= 4 is 27.8 Å². The third-order valence-corrected chi connectivity index (χ3v) is 11.3. The van der Waals surface area contributed by atoms with E-state index in [2.05, 4.69) is 254 Å². The van der Waals surface area contributed by atoms with Gasteiger partial charge in [0, 0.05) is 17.1 Å². The lowest BCUT2D eigenvalue weighted by Gasteiger charge is -2.26. The minimum atomic E-state index is 1.09. The molecule has 0 saturated heterocycles. The fourth-order valence-corrected chi connectivity index (χ4v) is 8.22. The average molecular weight is 752 g/mol.